The zero-order valence-corrected chi connectivity index (χ0v) is 24.4. The summed E-state index contributed by atoms with van der Waals surface area (Å²) in [6.07, 6.45) is 5.75. The van der Waals surface area contributed by atoms with Gasteiger partial charge in [0.15, 0.2) is 0 Å². The molecule has 3 aliphatic rings. The maximum atomic E-state index is 14.9. The number of nitrogens with zero attached hydrogens (tertiary/aromatic N) is 5. The van der Waals surface area contributed by atoms with E-state index in [1.165, 1.54) is 11.0 Å². The fraction of sp³-hybridized carbons (Fsp3) is 0.433. The van der Waals surface area contributed by atoms with Gasteiger partial charge < -0.3 is 5.32 Å². The van der Waals surface area contributed by atoms with E-state index in [4.69, 9.17) is 11.6 Å². The number of rotatable bonds is 6. The van der Waals surface area contributed by atoms with Gasteiger partial charge in [-0.2, -0.15) is 5.10 Å². The first-order chi connectivity index (χ1) is 20.1. The van der Waals surface area contributed by atoms with Gasteiger partial charge in [0, 0.05) is 66.2 Å². The van der Waals surface area contributed by atoms with E-state index in [9.17, 15) is 18.8 Å². The monoisotopic (exact) mass is 593 g/mol. The number of urea groups is 1. The van der Waals surface area contributed by atoms with Gasteiger partial charge in [-0.3, -0.25) is 29.4 Å². The number of anilines is 2. The van der Waals surface area contributed by atoms with Crippen molar-refractivity contribution in [2.75, 3.05) is 29.9 Å². The molecule has 2 fully saturated rings. The second-order valence-corrected chi connectivity index (χ2v) is 12.5. The maximum Gasteiger partial charge on any atom is 0.328 e. The Balaban J connectivity index is 1.05. The van der Waals surface area contributed by atoms with Gasteiger partial charge in [-0.25, -0.2) is 14.2 Å². The Kier molecular flexibility index (Phi) is 7.48. The van der Waals surface area contributed by atoms with E-state index in [0.29, 0.717) is 54.6 Å². The van der Waals surface area contributed by atoms with E-state index in [-0.39, 0.29) is 36.1 Å². The summed E-state index contributed by atoms with van der Waals surface area (Å²) in [6, 6.07) is 5.97. The molecule has 5 heterocycles. The van der Waals surface area contributed by atoms with Gasteiger partial charge >= 0.3 is 6.03 Å². The number of hydrogen-bond acceptors (Lipinski definition) is 6. The van der Waals surface area contributed by atoms with Crippen molar-refractivity contribution in [1.82, 2.24) is 25.0 Å². The van der Waals surface area contributed by atoms with Gasteiger partial charge in [-0.1, -0.05) is 31.5 Å². The molecule has 0 spiro atoms. The van der Waals surface area contributed by atoms with Crippen LogP contribution >= 0.6 is 11.6 Å². The van der Waals surface area contributed by atoms with Crippen LogP contribution in [0.25, 0.3) is 11.1 Å². The Hall–Kier alpha value is -3.83. The molecule has 2 saturated heterocycles. The molecule has 3 aliphatic heterocycles. The number of fused-ring (bicyclic) bond motifs is 1. The van der Waals surface area contributed by atoms with Crippen LogP contribution in [0, 0.1) is 17.2 Å². The first-order valence-corrected chi connectivity index (χ1v) is 14.6. The number of nitrogens with one attached hydrogen (secondary N) is 2. The highest BCUT2D eigenvalue weighted by Crippen LogP contribution is 2.39. The van der Waals surface area contributed by atoms with Crippen LogP contribution in [-0.4, -0.2) is 57.1 Å². The molecule has 10 nitrogen and oxygen atoms in total. The molecule has 220 valence electrons. The normalized spacial score (nSPS) is 19.1. The van der Waals surface area contributed by atoms with Crippen LogP contribution < -0.4 is 15.5 Å². The predicted octanol–water partition coefficient (Wildman–Crippen LogP) is 4.62. The summed E-state index contributed by atoms with van der Waals surface area (Å²) in [6.45, 7) is 7.19. The molecule has 0 radical (unpaired) electrons. The number of hydrogen-bond donors (Lipinski definition) is 2. The summed E-state index contributed by atoms with van der Waals surface area (Å²) in [7, 11) is 0. The van der Waals surface area contributed by atoms with Crippen LogP contribution in [0.5, 0.6) is 0 Å². The van der Waals surface area contributed by atoms with Gasteiger partial charge in [-0.05, 0) is 56.0 Å². The lowest BCUT2D eigenvalue weighted by atomic mass is 9.89. The highest BCUT2D eigenvalue weighted by atomic mass is 35.5. The Bertz CT molecular complexity index is 1560. The molecule has 42 heavy (non-hydrogen) atoms. The van der Waals surface area contributed by atoms with Crippen molar-refractivity contribution in [3.05, 3.63) is 58.8 Å². The smallest absolute Gasteiger partial charge is 0.310 e. The largest absolute Gasteiger partial charge is 0.328 e. The van der Waals surface area contributed by atoms with Gasteiger partial charge in [0.25, 0.3) is 0 Å². The number of piperidine rings is 1. The summed E-state index contributed by atoms with van der Waals surface area (Å²) < 4.78 is 17.0. The molecule has 0 aliphatic carbocycles. The number of carbonyl (C=O) groups excluding carboxylic acids is 3. The third kappa shape index (κ3) is 5.76. The van der Waals surface area contributed by atoms with Crippen molar-refractivity contribution in [3.63, 3.8) is 0 Å². The number of carbonyl (C=O) groups is 3. The number of amides is 4. The number of pyridine rings is 1. The highest BCUT2D eigenvalue weighted by molar-refractivity contribution is 6.33. The zero-order valence-electron chi connectivity index (χ0n) is 23.6. The van der Waals surface area contributed by atoms with Crippen molar-refractivity contribution in [1.29, 1.82) is 0 Å². The van der Waals surface area contributed by atoms with Gasteiger partial charge in [0.2, 0.25) is 11.8 Å². The first kappa shape index (κ1) is 28.3. The van der Waals surface area contributed by atoms with E-state index in [2.05, 4.69) is 39.5 Å². The Morgan fingerprint density at radius 2 is 1.93 bits per heavy atom. The van der Waals surface area contributed by atoms with Crippen molar-refractivity contribution < 1.29 is 18.8 Å². The lowest BCUT2D eigenvalue weighted by Gasteiger charge is -2.31. The van der Waals surface area contributed by atoms with Crippen molar-refractivity contribution in [3.8, 4) is 11.1 Å². The SMILES string of the molecule is CC1(C)Cc2c(-c3cc(NC(=O)C4CCN(Cc5ccc(N6CCC(=O)NC6=O)cc5F)CC4)ncc3Cl)cnn2C1. The standard InChI is InChI=1S/C30H33ClFN7O3/c1-30(2)13-25-22(14-34-39(25)17-30)21-12-26(33-15-23(21)31)35-28(41)18-5-8-37(9-6-18)16-19-3-4-20(11-24(19)32)38-10-7-27(40)36-29(38)42/h3-4,11-12,14-15,18H,5-10,13,16-17H2,1-2H3,(H,33,35,41)(H,36,40,42). The van der Waals surface area contributed by atoms with Crippen LogP contribution in [0.4, 0.5) is 20.7 Å². The average Bonchev–Trinajstić information content (AvgIpc) is 3.46. The third-order valence-electron chi connectivity index (χ3n) is 8.32. The number of benzene rings is 1. The Morgan fingerprint density at radius 1 is 1.14 bits per heavy atom. The number of likely N-dealkylation sites (tertiary alicyclic amines) is 1. The van der Waals surface area contributed by atoms with Crippen molar-refractivity contribution in [2.24, 2.45) is 11.3 Å². The van der Waals surface area contributed by atoms with Gasteiger partial charge in [0.1, 0.15) is 11.6 Å². The second-order valence-electron chi connectivity index (χ2n) is 12.1. The van der Waals surface area contributed by atoms with Crippen LogP contribution in [-0.2, 0) is 29.1 Å². The van der Waals surface area contributed by atoms with E-state index in [0.717, 1.165) is 29.8 Å². The van der Waals surface area contributed by atoms with Crippen LogP contribution in [0.2, 0.25) is 5.02 Å². The second kappa shape index (κ2) is 11.1. The number of halogens is 2. The quantitative estimate of drug-likeness (QED) is 0.431. The van der Waals surface area contributed by atoms with E-state index in [1.54, 1.807) is 18.3 Å². The fourth-order valence-corrected chi connectivity index (χ4v) is 6.26. The Morgan fingerprint density at radius 3 is 2.67 bits per heavy atom. The predicted molar refractivity (Wildman–Crippen MR) is 156 cm³/mol. The molecule has 3 aromatic rings. The summed E-state index contributed by atoms with van der Waals surface area (Å²) in [5.74, 6) is -0.565. The van der Waals surface area contributed by atoms with Crippen LogP contribution in [0.3, 0.4) is 0 Å². The maximum absolute atomic E-state index is 14.9. The summed E-state index contributed by atoms with van der Waals surface area (Å²) >= 11 is 6.52. The van der Waals surface area contributed by atoms with E-state index < -0.39 is 11.8 Å². The molecule has 12 heteroatoms. The number of imide groups is 1. The molecule has 0 bridgehead atoms. The summed E-state index contributed by atoms with van der Waals surface area (Å²) in [5, 5.41) is 10.3. The fourth-order valence-electron chi connectivity index (χ4n) is 6.05. The van der Waals surface area contributed by atoms with Gasteiger partial charge in [-0.15, -0.1) is 0 Å². The minimum atomic E-state index is -0.543. The van der Waals surface area contributed by atoms with Crippen LogP contribution in [0.1, 0.15) is 44.4 Å². The minimum Gasteiger partial charge on any atom is -0.310 e. The topological polar surface area (TPSA) is 112 Å². The summed E-state index contributed by atoms with van der Waals surface area (Å²) in [5.41, 5.74) is 3.97. The molecule has 2 aromatic heterocycles. The molecule has 0 saturated carbocycles. The molecular formula is C30H33ClFN7O3. The number of aromatic nitrogens is 3. The lowest BCUT2D eigenvalue weighted by molar-refractivity contribution is -0.121. The van der Waals surface area contributed by atoms with E-state index in [1.807, 2.05) is 16.9 Å². The minimum absolute atomic E-state index is 0.0920. The molecule has 0 atom stereocenters. The van der Waals surface area contributed by atoms with Crippen LogP contribution in [0.15, 0.2) is 36.7 Å². The third-order valence-corrected chi connectivity index (χ3v) is 8.63. The summed E-state index contributed by atoms with van der Waals surface area (Å²) in [4.78, 5) is 44.4. The molecule has 4 amide bonds. The van der Waals surface area contributed by atoms with E-state index >= 15 is 0 Å². The Labute approximate surface area is 248 Å². The molecule has 2 N–H and O–H groups in total. The molecule has 0 unspecified atom stereocenters. The first-order valence-electron chi connectivity index (χ1n) is 14.2. The van der Waals surface area contributed by atoms with Crippen molar-refractivity contribution in [2.45, 2.75) is 52.6 Å². The zero-order chi connectivity index (χ0) is 29.6. The van der Waals surface area contributed by atoms with Crippen molar-refractivity contribution >= 4 is 41.0 Å². The molecule has 1 aromatic carbocycles. The highest BCUT2D eigenvalue weighted by Gasteiger charge is 2.32. The molecule has 6 rings (SSSR count). The van der Waals surface area contributed by atoms with Gasteiger partial charge in [0.05, 0.1) is 11.2 Å². The average molecular weight is 594 g/mol. The lowest BCUT2D eigenvalue weighted by Crippen LogP contribution is -2.49. The molecular weight excluding hydrogens is 561 g/mol.